The molecule has 2 aliphatic heterocycles. The maximum absolute atomic E-state index is 15.5. The Morgan fingerprint density at radius 1 is 1.17 bits per heavy atom. The Labute approximate surface area is 249 Å². The summed E-state index contributed by atoms with van der Waals surface area (Å²) in [5.74, 6) is 0.216. The number of carbonyl (C=O) groups excluding carboxylic acids is 1. The third-order valence-corrected chi connectivity index (χ3v) is 7.08. The summed E-state index contributed by atoms with van der Waals surface area (Å²) in [4.78, 5) is 17.5. The molecule has 0 spiro atoms. The first-order chi connectivity index (χ1) is 19.1. The van der Waals surface area contributed by atoms with Crippen LogP contribution in [-0.2, 0) is 18.5 Å². The number of Topliss-reactive ketones (excluding diaryl/α,β-unsaturated/α-hetero) is 1. The molecule has 1 aromatic heterocycles. The first kappa shape index (κ1) is 30.3. The Hall–Kier alpha value is -3.67. The highest BCUT2D eigenvalue weighted by molar-refractivity contribution is 8.93. The summed E-state index contributed by atoms with van der Waals surface area (Å²) in [6.07, 6.45) is 1.68. The fraction of sp³-hybridized carbons (Fsp3) is 0.448. The lowest BCUT2D eigenvalue weighted by Gasteiger charge is -2.35. The molecular weight excluding hydrogens is 595 g/mol. The Morgan fingerprint density at radius 3 is 2.59 bits per heavy atom. The van der Waals surface area contributed by atoms with E-state index in [9.17, 15) is 4.79 Å². The van der Waals surface area contributed by atoms with Gasteiger partial charge in [-0.25, -0.2) is 4.39 Å². The molecule has 5 rings (SSSR count). The summed E-state index contributed by atoms with van der Waals surface area (Å²) < 4.78 is 32.8. The lowest BCUT2D eigenvalue weighted by molar-refractivity contribution is 0.0962. The predicted octanol–water partition coefficient (Wildman–Crippen LogP) is 5.04. The molecule has 0 amide bonds. The number of nitrogens with zero attached hydrogens (tertiary/aromatic N) is 4. The van der Waals surface area contributed by atoms with Gasteiger partial charge in [-0.1, -0.05) is 26.0 Å². The third kappa shape index (κ3) is 5.88. The quantitative estimate of drug-likeness (QED) is 0.316. The smallest absolute Gasteiger partial charge is 0.197 e. The molecule has 0 fully saturated rings. The summed E-state index contributed by atoms with van der Waals surface area (Å²) in [5.41, 5.74) is 3.56. The van der Waals surface area contributed by atoms with Gasteiger partial charge in [-0.05, 0) is 43.0 Å². The van der Waals surface area contributed by atoms with E-state index in [1.165, 1.54) is 0 Å². The second-order valence-electron chi connectivity index (χ2n) is 10.9. The maximum atomic E-state index is 15.5. The van der Waals surface area contributed by atoms with Crippen LogP contribution < -0.4 is 19.1 Å². The van der Waals surface area contributed by atoms with Crippen LogP contribution in [0.5, 0.6) is 17.2 Å². The van der Waals surface area contributed by atoms with E-state index in [1.807, 2.05) is 19.1 Å². The number of fused-ring (bicyclic) bond motifs is 2. The molecule has 0 unspecified atom stereocenters. The standard InChI is InChI=1S/C29H35FN6O4.BrH/c1-6-38-23-12-18-14-36(28(31)24(18)25(30)27(23)39-7-2)16-22(37)17-10-20(29(3,4)5)26-21(11-17)35(8-9-40-26)15-19-13-32-34-33-19;/h10-13,31H,6-9,14-16H2,1-5H3,(H,32,33,34);1H. The summed E-state index contributed by atoms with van der Waals surface area (Å²) in [7, 11) is 0. The van der Waals surface area contributed by atoms with Gasteiger partial charge < -0.3 is 24.0 Å². The van der Waals surface area contributed by atoms with Crippen molar-refractivity contribution in [3.63, 3.8) is 0 Å². The van der Waals surface area contributed by atoms with Crippen molar-refractivity contribution in [3.8, 4) is 17.2 Å². The van der Waals surface area contributed by atoms with Crippen LogP contribution in [0.3, 0.4) is 0 Å². The van der Waals surface area contributed by atoms with Crippen molar-refractivity contribution >= 4 is 34.3 Å². The van der Waals surface area contributed by atoms with Crippen LogP contribution in [0.15, 0.2) is 24.4 Å². The van der Waals surface area contributed by atoms with Gasteiger partial charge >= 0.3 is 0 Å². The van der Waals surface area contributed by atoms with Crippen LogP contribution in [0.1, 0.15) is 67.4 Å². The minimum absolute atomic E-state index is 0. The number of ketones is 1. The number of rotatable bonds is 9. The van der Waals surface area contributed by atoms with E-state index in [4.69, 9.17) is 19.6 Å². The number of amidine groups is 1. The van der Waals surface area contributed by atoms with Crippen molar-refractivity contribution in [1.82, 2.24) is 20.3 Å². The van der Waals surface area contributed by atoms with E-state index in [1.54, 1.807) is 24.1 Å². The number of aromatic amines is 1. The molecule has 2 aliphatic rings. The molecule has 3 aromatic rings. The molecule has 2 N–H and O–H groups in total. The van der Waals surface area contributed by atoms with Crippen LogP contribution >= 0.6 is 17.0 Å². The topological polar surface area (TPSA) is 117 Å². The van der Waals surface area contributed by atoms with Crippen molar-refractivity contribution in [2.24, 2.45) is 0 Å². The number of ether oxygens (including phenoxy) is 3. The normalized spacial score (nSPS) is 14.2. The molecule has 3 heterocycles. The van der Waals surface area contributed by atoms with Crippen molar-refractivity contribution in [1.29, 1.82) is 5.41 Å². The van der Waals surface area contributed by atoms with Crippen molar-refractivity contribution in [2.75, 3.05) is 37.8 Å². The van der Waals surface area contributed by atoms with Crippen molar-refractivity contribution in [3.05, 3.63) is 58.2 Å². The van der Waals surface area contributed by atoms with Gasteiger partial charge in [0.1, 0.15) is 18.2 Å². The first-order valence-electron chi connectivity index (χ1n) is 13.5. The molecular formula is C29H36BrFN6O4. The number of carbonyl (C=O) groups is 1. The van der Waals surface area contributed by atoms with E-state index >= 15 is 4.39 Å². The molecule has 220 valence electrons. The van der Waals surface area contributed by atoms with Gasteiger partial charge in [0.25, 0.3) is 0 Å². The highest BCUT2D eigenvalue weighted by Gasteiger charge is 2.34. The van der Waals surface area contributed by atoms with Crippen LogP contribution in [0.2, 0.25) is 0 Å². The summed E-state index contributed by atoms with van der Waals surface area (Å²) in [6, 6.07) is 5.45. The minimum Gasteiger partial charge on any atom is -0.490 e. The first-order valence-corrected chi connectivity index (χ1v) is 13.5. The van der Waals surface area contributed by atoms with E-state index < -0.39 is 5.82 Å². The van der Waals surface area contributed by atoms with E-state index in [-0.39, 0.29) is 65.0 Å². The van der Waals surface area contributed by atoms with Crippen LogP contribution in [0.25, 0.3) is 0 Å². The fourth-order valence-electron chi connectivity index (χ4n) is 5.19. The second kappa shape index (κ2) is 12.1. The molecule has 0 radical (unpaired) electrons. The van der Waals surface area contributed by atoms with Crippen molar-refractivity contribution < 1.29 is 23.4 Å². The molecule has 41 heavy (non-hydrogen) atoms. The molecule has 10 nitrogen and oxygen atoms in total. The van der Waals surface area contributed by atoms with Crippen molar-refractivity contribution in [2.45, 2.75) is 53.1 Å². The average molecular weight is 632 g/mol. The number of hydrogen-bond donors (Lipinski definition) is 2. The van der Waals surface area contributed by atoms with Crippen LogP contribution in [-0.4, -0.2) is 64.8 Å². The Balaban J connectivity index is 0.00000387. The largest absolute Gasteiger partial charge is 0.490 e. The van der Waals surface area contributed by atoms with Gasteiger partial charge in [-0.2, -0.15) is 0 Å². The fourth-order valence-corrected chi connectivity index (χ4v) is 5.19. The molecule has 0 saturated carbocycles. The minimum atomic E-state index is -0.632. The molecule has 0 aliphatic carbocycles. The maximum Gasteiger partial charge on any atom is 0.197 e. The second-order valence-corrected chi connectivity index (χ2v) is 10.9. The highest BCUT2D eigenvalue weighted by atomic mass is 79.9. The molecule has 0 saturated heterocycles. The number of benzene rings is 2. The van der Waals surface area contributed by atoms with Gasteiger partial charge in [0.15, 0.2) is 23.1 Å². The lowest BCUT2D eigenvalue weighted by Crippen LogP contribution is -2.34. The molecule has 0 atom stereocenters. The summed E-state index contributed by atoms with van der Waals surface area (Å²) in [6.45, 7) is 12.3. The number of hydrogen-bond acceptors (Lipinski definition) is 8. The number of H-pyrrole nitrogens is 1. The van der Waals surface area contributed by atoms with Gasteiger partial charge in [-0.3, -0.25) is 15.3 Å². The highest BCUT2D eigenvalue weighted by Crippen LogP contribution is 2.43. The zero-order valence-corrected chi connectivity index (χ0v) is 25.7. The predicted molar refractivity (Wildman–Crippen MR) is 159 cm³/mol. The molecule has 2 aromatic carbocycles. The summed E-state index contributed by atoms with van der Waals surface area (Å²) in [5, 5.41) is 19.3. The van der Waals surface area contributed by atoms with Gasteiger partial charge in [0, 0.05) is 17.7 Å². The monoisotopic (exact) mass is 630 g/mol. The Bertz CT molecular complexity index is 1440. The number of nitrogens with one attached hydrogen (secondary N) is 2. The number of halogens is 2. The SMILES string of the molecule is Br.CCOc1cc2c(c(F)c1OCC)C(=N)N(CC(=O)c1cc3c(c(C(C)(C)C)c1)OCCN3Cc1cnn[nH]1)C2. The molecule has 12 heteroatoms. The van der Waals surface area contributed by atoms with E-state index in [0.29, 0.717) is 43.2 Å². The third-order valence-electron chi connectivity index (χ3n) is 7.08. The van der Waals surface area contributed by atoms with Crippen LogP contribution in [0, 0.1) is 11.2 Å². The number of aromatic nitrogens is 3. The van der Waals surface area contributed by atoms with Gasteiger partial charge in [0.05, 0.1) is 56.0 Å². The van der Waals surface area contributed by atoms with Gasteiger partial charge in [-0.15, -0.1) is 22.1 Å². The zero-order chi connectivity index (χ0) is 28.6. The van der Waals surface area contributed by atoms with E-state index in [0.717, 1.165) is 22.7 Å². The number of anilines is 1. The van der Waals surface area contributed by atoms with Gasteiger partial charge in [0.2, 0.25) is 0 Å². The van der Waals surface area contributed by atoms with E-state index in [2.05, 4.69) is 41.1 Å². The van der Waals surface area contributed by atoms with Crippen LogP contribution in [0.4, 0.5) is 10.1 Å². The average Bonchev–Trinajstić information content (AvgIpc) is 3.53. The Morgan fingerprint density at radius 2 is 1.93 bits per heavy atom. The molecule has 0 bridgehead atoms. The zero-order valence-electron chi connectivity index (χ0n) is 24.0. The lowest BCUT2D eigenvalue weighted by atomic mass is 9.84. The summed E-state index contributed by atoms with van der Waals surface area (Å²) >= 11 is 0. The Kier molecular flexibility index (Phi) is 8.91.